The molecule has 1 rings (SSSR count). The van der Waals surface area contributed by atoms with E-state index in [1.54, 1.807) is 0 Å². The fourth-order valence-electron chi connectivity index (χ4n) is 0.957. The van der Waals surface area contributed by atoms with Gasteiger partial charge in [-0.3, -0.25) is 4.68 Å². The first kappa shape index (κ1) is 10.7. The molecule has 0 aliphatic rings. The van der Waals surface area contributed by atoms with E-state index in [-0.39, 0.29) is 17.0 Å². The highest BCUT2D eigenvalue weighted by Crippen LogP contribution is 1.96. The van der Waals surface area contributed by atoms with E-state index in [1.807, 2.05) is 23.1 Å². The summed E-state index contributed by atoms with van der Waals surface area (Å²) >= 11 is 0. The van der Waals surface area contributed by atoms with Crippen molar-refractivity contribution in [2.24, 2.45) is 0 Å². The predicted octanol–water partition coefficient (Wildman–Crippen LogP) is 2.65. The fraction of sp³-hybridized carbons (Fsp3) is 0.625. The zero-order chi connectivity index (χ0) is 7.23. The van der Waals surface area contributed by atoms with E-state index in [2.05, 4.69) is 12.0 Å². The zero-order valence-corrected chi connectivity index (χ0v) is 8.58. The third-order valence-electron chi connectivity index (χ3n) is 1.55. The molecule has 0 bridgehead atoms. The average molecular weight is 219 g/mol. The minimum atomic E-state index is 0. The molecule has 1 aromatic heterocycles. The SMILES string of the molecule is Br.CCCCCn1cccn1. The van der Waals surface area contributed by atoms with E-state index in [9.17, 15) is 0 Å². The largest absolute Gasteiger partial charge is 0.273 e. The minimum Gasteiger partial charge on any atom is -0.273 e. The van der Waals surface area contributed by atoms with E-state index >= 15 is 0 Å². The second-order valence-electron chi connectivity index (χ2n) is 2.48. The molecule has 0 atom stereocenters. The summed E-state index contributed by atoms with van der Waals surface area (Å²) in [5, 5.41) is 4.10. The number of hydrogen-bond acceptors (Lipinski definition) is 1. The molecular weight excluding hydrogens is 204 g/mol. The van der Waals surface area contributed by atoms with Crippen molar-refractivity contribution in [1.82, 2.24) is 9.78 Å². The first-order chi connectivity index (χ1) is 4.93. The molecule has 0 radical (unpaired) electrons. The van der Waals surface area contributed by atoms with Gasteiger partial charge in [-0.05, 0) is 12.5 Å². The summed E-state index contributed by atoms with van der Waals surface area (Å²) in [5.74, 6) is 0. The Morgan fingerprint density at radius 2 is 2.18 bits per heavy atom. The number of aromatic nitrogens is 2. The van der Waals surface area contributed by atoms with Crippen LogP contribution in [-0.2, 0) is 6.54 Å². The quantitative estimate of drug-likeness (QED) is 0.712. The number of aryl methyl sites for hydroxylation is 1. The van der Waals surface area contributed by atoms with Crippen LogP contribution in [0.5, 0.6) is 0 Å². The molecule has 0 amide bonds. The Morgan fingerprint density at radius 3 is 2.73 bits per heavy atom. The first-order valence-corrected chi connectivity index (χ1v) is 3.91. The predicted molar refractivity (Wildman–Crippen MR) is 52.1 cm³/mol. The maximum Gasteiger partial charge on any atom is 0.0489 e. The second-order valence-corrected chi connectivity index (χ2v) is 2.48. The topological polar surface area (TPSA) is 17.8 Å². The Labute approximate surface area is 78.4 Å². The van der Waals surface area contributed by atoms with E-state index in [0.717, 1.165) is 6.54 Å². The summed E-state index contributed by atoms with van der Waals surface area (Å²) in [4.78, 5) is 0. The van der Waals surface area contributed by atoms with Crippen LogP contribution in [0.1, 0.15) is 26.2 Å². The number of halogens is 1. The van der Waals surface area contributed by atoms with Crippen molar-refractivity contribution in [3.05, 3.63) is 18.5 Å². The molecule has 2 nitrogen and oxygen atoms in total. The summed E-state index contributed by atoms with van der Waals surface area (Å²) < 4.78 is 1.98. The Hall–Kier alpha value is -0.310. The molecule has 1 aromatic rings. The van der Waals surface area contributed by atoms with Gasteiger partial charge in [0.25, 0.3) is 0 Å². The molecule has 0 unspecified atom stereocenters. The molecule has 0 aliphatic heterocycles. The van der Waals surface area contributed by atoms with Crippen LogP contribution < -0.4 is 0 Å². The second kappa shape index (κ2) is 6.40. The van der Waals surface area contributed by atoms with E-state index in [0.29, 0.717) is 0 Å². The third-order valence-corrected chi connectivity index (χ3v) is 1.55. The lowest BCUT2D eigenvalue weighted by atomic mass is 10.2. The van der Waals surface area contributed by atoms with Crippen molar-refractivity contribution in [3.8, 4) is 0 Å². The van der Waals surface area contributed by atoms with Crippen molar-refractivity contribution in [2.45, 2.75) is 32.7 Å². The van der Waals surface area contributed by atoms with Gasteiger partial charge in [0.1, 0.15) is 0 Å². The molecule has 0 saturated carbocycles. The molecule has 0 aliphatic carbocycles. The zero-order valence-electron chi connectivity index (χ0n) is 6.86. The van der Waals surface area contributed by atoms with Crippen molar-refractivity contribution in [3.63, 3.8) is 0 Å². The van der Waals surface area contributed by atoms with Crippen molar-refractivity contribution in [2.75, 3.05) is 0 Å². The Balaban J connectivity index is 0.000001000. The Morgan fingerprint density at radius 1 is 1.36 bits per heavy atom. The van der Waals surface area contributed by atoms with Crippen LogP contribution in [0.15, 0.2) is 18.5 Å². The van der Waals surface area contributed by atoms with E-state index in [4.69, 9.17) is 0 Å². The summed E-state index contributed by atoms with van der Waals surface area (Å²) in [6.07, 6.45) is 7.67. The molecule has 11 heavy (non-hydrogen) atoms. The van der Waals surface area contributed by atoms with Crippen LogP contribution in [0.25, 0.3) is 0 Å². The van der Waals surface area contributed by atoms with Gasteiger partial charge >= 0.3 is 0 Å². The monoisotopic (exact) mass is 218 g/mol. The number of nitrogens with zero attached hydrogens (tertiary/aromatic N) is 2. The average Bonchev–Trinajstić information content (AvgIpc) is 2.41. The highest BCUT2D eigenvalue weighted by molar-refractivity contribution is 8.93. The summed E-state index contributed by atoms with van der Waals surface area (Å²) in [7, 11) is 0. The highest BCUT2D eigenvalue weighted by atomic mass is 79.9. The Bertz CT molecular complexity index is 161. The molecule has 1 heterocycles. The van der Waals surface area contributed by atoms with Crippen LogP contribution in [0.2, 0.25) is 0 Å². The van der Waals surface area contributed by atoms with Crippen LogP contribution in [0, 0.1) is 0 Å². The summed E-state index contributed by atoms with van der Waals surface area (Å²) in [5.41, 5.74) is 0. The standard InChI is InChI=1S/C8H14N2.BrH/c1-2-3-4-7-10-8-5-6-9-10;/h5-6,8H,2-4,7H2,1H3;1H. The lowest BCUT2D eigenvalue weighted by Crippen LogP contribution is -1.97. The van der Waals surface area contributed by atoms with Gasteiger partial charge in [0.05, 0.1) is 0 Å². The van der Waals surface area contributed by atoms with Gasteiger partial charge in [-0.2, -0.15) is 5.10 Å². The van der Waals surface area contributed by atoms with Gasteiger partial charge < -0.3 is 0 Å². The molecule has 0 saturated heterocycles. The van der Waals surface area contributed by atoms with Gasteiger partial charge in [0.2, 0.25) is 0 Å². The third kappa shape index (κ3) is 4.19. The van der Waals surface area contributed by atoms with Crippen molar-refractivity contribution < 1.29 is 0 Å². The lowest BCUT2D eigenvalue weighted by molar-refractivity contribution is 0.553. The molecule has 0 N–H and O–H groups in total. The molecule has 0 spiro atoms. The molecule has 3 heteroatoms. The van der Waals surface area contributed by atoms with E-state index < -0.39 is 0 Å². The molecular formula is C8H15BrN2. The van der Waals surface area contributed by atoms with Gasteiger partial charge in [0, 0.05) is 18.9 Å². The van der Waals surface area contributed by atoms with E-state index in [1.165, 1.54) is 19.3 Å². The molecule has 0 fully saturated rings. The van der Waals surface area contributed by atoms with Crippen molar-refractivity contribution in [1.29, 1.82) is 0 Å². The number of rotatable bonds is 4. The summed E-state index contributed by atoms with van der Waals surface area (Å²) in [6, 6.07) is 1.96. The van der Waals surface area contributed by atoms with Crippen LogP contribution in [0.3, 0.4) is 0 Å². The van der Waals surface area contributed by atoms with Gasteiger partial charge in [-0.25, -0.2) is 0 Å². The lowest BCUT2D eigenvalue weighted by Gasteiger charge is -1.97. The summed E-state index contributed by atoms with van der Waals surface area (Å²) in [6.45, 7) is 3.28. The maximum absolute atomic E-state index is 4.10. The molecule has 0 aromatic carbocycles. The van der Waals surface area contributed by atoms with Crippen LogP contribution >= 0.6 is 17.0 Å². The maximum atomic E-state index is 4.10. The van der Waals surface area contributed by atoms with Crippen LogP contribution in [0.4, 0.5) is 0 Å². The Kier molecular flexibility index (Phi) is 6.22. The van der Waals surface area contributed by atoms with Gasteiger partial charge in [-0.1, -0.05) is 19.8 Å². The highest BCUT2D eigenvalue weighted by Gasteiger charge is 1.87. The normalized spacial score (nSPS) is 9.18. The van der Waals surface area contributed by atoms with Crippen molar-refractivity contribution >= 4 is 17.0 Å². The minimum absolute atomic E-state index is 0. The number of unbranched alkanes of at least 4 members (excludes halogenated alkanes) is 2. The van der Waals surface area contributed by atoms with Gasteiger partial charge in [0.15, 0.2) is 0 Å². The van der Waals surface area contributed by atoms with Crippen LogP contribution in [-0.4, -0.2) is 9.78 Å². The number of hydrogen-bond donors (Lipinski definition) is 0. The molecule has 64 valence electrons. The fourth-order valence-corrected chi connectivity index (χ4v) is 0.957. The van der Waals surface area contributed by atoms with Gasteiger partial charge in [-0.15, -0.1) is 17.0 Å². The smallest absolute Gasteiger partial charge is 0.0489 e. The first-order valence-electron chi connectivity index (χ1n) is 3.91.